The number of hydrogen-bond donors (Lipinski definition) is 1. The van der Waals surface area contributed by atoms with Crippen LogP contribution < -0.4 is 10.5 Å². The van der Waals surface area contributed by atoms with Crippen LogP contribution in [0.25, 0.3) is 0 Å². The van der Waals surface area contributed by atoms with Gasteiger partial charge in [0.2, 0.25) is 0 Å². The summed E-state index contributed by atoms with van der Waals surface area (Å²) in [6.45, 7) is 9.37. The fourth-order valence-electron chi connectivity index (χ4n) is 2.08. The van der Waals surface area contributed by atoms with Crippen molar-refractivity contribution in [1.82, 2.24) is 4.90 Å². The molecule has 100 valence electrons. The summed E-state index contributed by atoms with van der Waals surface area (Å²) in [7, 11) is 0. The molecule has 1 aromatic carbocycles. The third-order valence-electron chi connectivity index (χ3n) is 3.33. The molecule has 0 aromatic heterocycles. The molecule has 1 aliphatic rings. The van der Waals surface area contributed by atoms with Gasteiger partial charge in [-0.1, -0.05) is 0 Å². The van der Waals surface area contributed by atoms with Gasteiger partial charge in [-0.2, -0.15) is 0 Å². The van der Waals surface area contributed by atoms with E-state index in [1.165, 1.54) is 0 Å². The Balaban J connectivity index is 1.84. The van der Waals surface area contributed by atoms with Crippen molar-refractivity contribution in [2.75, 3.05) is 45.2 Å². The average Bonchev–Trinajstić information content (AvgIpc) is 2.37. The lowest BCUT2D eigenvalue weighted by Crippen LogP contribution is -2.38. The molecular formula is C14H22N2O2. The monoisotopic (exact) mass is 250 g/mol. The lowest BCUT2D eigenvalue weighted by Gasteiger charge is -2.26. The van der Waals surface area contributed by atoms with Crippen molar-refractivity contribution in [3.8, 4) is 5.75 Å². The molecule has 1 fully saturated rings. The number of morpholine rings is 1. The first-order valence-corrected chi connectivity index (χ1v) is 6.46. The summed E-state index contributed by atoms with van der Waals surface area (Å²) in [6.07, 6.45) is 0. The Labute approximate surface area is 109 Å². The molecule has 1 heterocycles. The number of benzene rings is 1. The van der Waals surface area contributed by atoms with Crippen LogP contribution in [0.15, 0.2) is 12.1 Å². The highest BCUT2D eigenvalue weighted by molar-refractivity contribution is 5.53. The maximum atomic E-state index is 5.86. The van der Waals surface area contributed by atoms with E-state index in [2.05, 4.69) is 4.90 Å². The first-order valence-electron chi connectivity index (χ1n) is 6.46. The molecule has 0 radical (unpaired) electrons. The summed E-state index contributed by atoms with van der Waals surface area (Å²) < 4.78 is 11.2. The van der Waals surface area contributed by atoms with Crippen molar-refractivity contribution in [2.24, 2.45) is 0 Å². The summed E-state index contributed by atoms with van der Waals surface area (Å²) in [5, 5.41) is 0. The fourth-order valence-corrected chi connectivity index (χ4v) is 2.08. The standard InChI is InChI=1S/C14H22N2O2/c1-11-10-14(12(2)9-13(11)15)18-8-5-16-3-6-17-7-4-16/h9-10H,3-8,15H2,1-2H3. The van der Waals surface area contributed by atoms with Gasteiger partial charge in [-0.3, -0.25) is 4.90 Å². The number of anilines is 1. The normalized spacial score (nSPS) is 16.8. The molecule has 4 heteroatoms. The number of nitrogens with two attached hydrogens (primary N) is 1. The van der Waals surface area contributed by atoms with E-state index < -0.39 is 0 Å². The van der Waals surface area contributed by atoms with Gasteiger partial charge in [0, 0.05) is 25.3 Å². The minimum atomic E-state index is 0.712. The Kier molecular flexibility index (Phi) is 4.44. The van der Waals surface area contributed by atoms with Crippen LogP contribution in [0.4, 0.5) is 5.69 Å². The second-order valence-electron chi connectivity index (χ2n) is 4.78. The number of rotatable bonds is 4. The van der Waals surface area contributed by atoms with Gasteiger partial charge in [-0.25, -0.2) is 0 Å². The zero-order valence-electron chi connectivity index (χ0n) is 11.2. The van der Waals surface area contributed by atoms with Crippen molar-refractivity contribution >= 4 is 5.69 Å². The van der Waals surface area contributed by atoms with Crippen molar-refractivity contribution < 1.29 is 9.47 Å². The molecule has 0 bridgehead atoms. The van der Waals surface area contributed by atoms with Crippen LogP contribution >= 0.6 is 0 Å². The molecule has 1 aliphatic heterocycles. The zero-order chi connectivity index (χ0) is 13.0. The zero-order valence-corrected chi connectivity index (χ0v) is 11.2. The second kappa shape index (κ2) is 6.07. The van der Waals surface area contributed by atoms with E-state index in [0.29, 0.717) is 6.61 Å². The van der Waals surface area contributed by atoms with E-state index in [0.717, 1.165) is 55.4 Å². The molecule has 2 N–H and O–H groups in total. The summed E-state index contributed by atoms with van der Waals surface area (Å²) in [6, 6.07) is 3.99. The SMILES string of the molecule is Cc1cc(OCCN2CCOCC2)c(C)cc1N. The smallest absolute Gasteiger partial charge is 0.122 e. The molecular weight excluding hydrogens is 228 g/mol. The predicted molar refractivity (Wildman–Crippen MR) is 73.1 cm³/mol. The van der Waals surface area contributed by atoms with Crippen LogP contribution in [0.2, 0.25) is 0 Å². The molecule has 0 aliphatic carbocycles. The van der Waals surface area contributed by atoms with Crippen molar-refractivity contribution in [3.63, 3.8) is 0 Å². The van der Waals surface area contributed by atoms with Gasteiger partial charge in [0.25, 0.3) is 0 Å². The lowest BCUT2D eigenvalue weighted by molar-refractivity contribution is 0.0322. The maximum absolute atomic E-state index is 5.86. The molecule has 0 saturated carbocycles. The molecule has 0 unspecified atom stereocenters. The molecule has 1 saturated heterocycles. The van der Waals surface area contributed by atoms with E-state index in [1.807, 2.05) is 26.0 Å². The number of ether oxygens (including phenoxy) is 2. The minimum absolute atomic E-state index is 0.712. The van der Waals surface area contributed by atoms with E-state index in [9.17, 15) is 0 Å². The Hall–Kier alpha value is -1.26. The van der Waals surface area contributed by atoms with E-state index in [-0.39, 0.29) is 0 Å². The van der Waals surface area contributed by atoms with Crippen LogP contribution in [-0.4, -0.2) is 44.4 Å². The molecule has 0 amide bonds. The van der Waals surface area contributed by atoms with Gasteiger partial charge in [0.1, 0.15) is 12.4 Å². The summed E-state index contributed by atoms with van der Waals surface area (Å²) >= 11 is 0. The summed E-state index contributed by atoms with van der Waals surface area (Å²) in [5.41, 5.74) is 8.85. The van der Waals surface area contributed by atoms with E-state index in [4.69, 9.17) is 15.2 Å². The van der Waals surface area contributed by atoms with Crippen molar-refractivity contribution in [1.29, 1.82) is 0 Å². The van der Waals surface area contributed by atoms with Crippen molar-refractivity contribution in [3.05, 3.63) is 23.3 Å². The summed E-state index contributed by atoms with van der Waals surface area (Å²) in [4.78, 5) is 2.36. The van der Waals surface area contributed by atoms with Crippen molar-refractivity contribution in [2.45, 2.75) is 13.8 Å². The van der Waals surface area contributed by atoms with E-state index in [1.54, 1.807) is 0 Å². The van der Waals surface area contributed by atoms with Crippen LogP contribution in [0.3, 0.4) is 0 Å². The second-order valence-corrected chi connectivity index (χ2v) is 4.78. The third kappa shape index (κ3) is 3.37. The molecule has 18 heavy (non-hydrogen) atoms. The van der Waals surface area contributed by atoms with Crippen LogP contribution in [0.1, 0.15) is 11.1 Å². The first-order chi connectivity index (χ1) is 8.66. The maximum Gasteiger partial charge on any atom is 0.122 e. The highest BCUT2D eigenvalue weighted by Crippen LogP contribution is 2.24. The third-order valence-corrected chi connectivity index (χ3v) is 3.33. The van der Waals surface area contributed by atoms with Gasteiger partial charge < -0.3 is 15.2 Å². The molecule has 1 aromatic rings. The Morgan fingerprint density at radius 2 is 1.94 bits per heavy atom. The number of nitrogens with zero attached hydrogens (tertiary/aromatic N) is 1. The van der Waals surface area contributed by atoms with Gasteiger partial charge in [-0.15, -0.1) is 0 Å². The fraction of sp³-hybridized carbons (Fsp3) is 0.571. The number of nitrogen functional groups attached to an aromatic ring is 1. The molecule has 2 rings (SSSR count). The Bertz CT molecular complexity index is 401. The molecule has 0 spiro atoms. The van der Waals surface area contributed by atoms with Gasteiger partial charge in [0.05, 0.1) is 13.2 Å². The van der Waals surface area contributed by atoms with Crippen LogP contribution in [-0.2, 0) is 4.74 Å². The molecule has 4 nitrogen and oxygen atoms in total. The predicted octanol–water partition coefficient (Wildman–Crippen LogP) is 1.60. The first kappa shape index (κ1) is 13.2. The van der Waals surface area contributed by atoms with E-state index >= 15 is 0 Å². The average molecular weight is 250 g/mol. The number of aryl methyl sites for hydroxylation is 2. The van der Waals surface area contributed by atoms with Crippen LogP contribution in [0, 0.1) is 13.8 Å². The Morgan fingerprint density at radius 1 is 1.22 bits per heavy atom. The number of hydrogen-bond acceptors (Lipinski definition) is 4. The van der Waals surface area contributed by atoms with Crippen LogP contribution in [0.5, 0.6) is 5.75 Å². The van der Waals surface area contributed by atoms with Gasteiger partial charge in [0.15, 0.2) is 0 Å². The summed E-state index contributed by atoms with van der Waals surface area (Å²) in [5.74, 6) is 0.940. The quantitative estimate of drug-likeness (QED) is 0.825. The molecule has 0 atom stereocenters. The lowest BCUT2D eigenvalue weighted by atomic mass is 10.1. The highest BCUT2D eigenvalue weighted by Gasteiger charge is 2.10. The Morgan fingerprint density at radius 3 is 2.67 bits per heavy atom. The topological polar surface area (TPSA) is 47.7 Å². The van der Waals surface area contributed by atoms with Gasteiger partial charge in [-0.05, 0) is 37.1 Å². The largest absolute Gasteiger partial charge is 0.492 e. The minimum Gasteiger partial charge on any atom is -0.492 e. The van der Waals surface area contributed by atoms with Gasteiger partial charge >= 0.3 is 0 Å². The highest BCUT2D eigenvalue weighted by atomic mass is 16.5.